The standard InChI is InChI=1S/C8H14N2O2S/c1-3-5-10-6(11)8(13,4-2)9-7(10)12/h13H,3-5H2,1-2H3,(H,9,12). The Bertz CT molecular complexity index is 244. The smallest absolute Gasteiger partial charge is 0.315 e. The van der Waals surface area contributed by atoms with E-state index in [9.17, 15) is 9.59 Å². The summed E-state index contributed by atoms with van der Waals surface area (Å²) in [5.41, 5.74) is 0. The van der Waals surface area contributed by atoms with Crippen molar-refractivity contribution in [1.82, 2.24) is 10.2 Å². The van der Waals surface area contributed by atoms with Crippen LogP contribution in [0.4, 0.5) is 4.79 Å². The number of thiol groups is 1. The number of urea groups is 1. The Kier molecular flexibility index (Phi) is 2.85. The molecule has 74 valence electrons. The summed E-state index contributed by atoms with van der Waals surface area (Å²) in [5, 5.41) is 2.57. The number of rotatable bonds is 3. The quantitative estimate of drug-likeness (QED) is 0.529. The van der Waals surface area contributed by atoms with Crippen LogP contribution in [0.2, 0.25) is 0 Å². The highest BCUT2D eigenvalue weighted by Gasteiger charge is 2.46. The van der Waals surface area contributed by atoms with E-state index in [1.54, 1.807) is 0 Å². The number of carbonyl (C=O) groups is 2. The van der Waals surface area contributed by atoms with E-state index >= 15 is 0 Å². The molecule has 1 unspecified atom stereocenters. The summed E-state index contributed by atoms with van der Waals surface area (Å²) in [5.74, 6) is -0.231. The van der Waals surface area contributed by atoms with Crippen molar-refractivity contribution >= 4 is 24.6 Å². The summed E-state index contributed by atoms with van der Waals surface area (Å²) in [4.78, 5) is 23.2. The number of carbonyl (C=O) groups excluding carboxylic acids is 2. The largest absolute Gasteiger partial charge is 0.325 e. The first-order valence-corrected chi connectivity index (χ1v) is 4.86. The maximum atomic E-state index is 11.6. The lowest BCUT2D eigenvalue weighted by molar-refractivity contribution is -0.128. The molecular weight excluding hydrogens is 188 g/mol. The van der Waals surface area contributed by atoms with Crippen LogP contribution in [0.5, 0.6) is 0 Å². The molecule has 0 aromatic heterocycles. The molecule has 1 aliphatic rings. The van der Waals surface area contributed by atoms with Gasteiger partial charge in [0.05, 0.1) is 0 Å². The normalized spacial score (nSPS) is 28.1. The van der Waals surface area contributed by atoms with Gasteiger partial charge in [-0.2, -0.15) is 0 Å². The molecule has 4 nitrogen and oxygen atoms in total. The van der Waals surface area contributed by atoms with Crippen LogP contribution in [0.25, 0.3) is 0 Å². The molecule has 1 atom stereocenters. The maximum Gasteiger partial charge on any atom is 0.325 e. The number of hydrogen-bond donors (Lipinski definition) is 2. The summed E-state index contributed by atoms with van der Waals surface area (Å²) in [6.45, 7) is 4.21. The summed E-state index contributed by atoms with van der Waals surface area (Å²) in [7, 11) is 0. The molecule has 1 aliphatic heterocycles. The van der Waals surface area contributed by atoms with Crippen LogP contribution < -0.4 is 5.32 Å². The molecular formula is C8H14N2O2S. The third kappa shape index (κ3) is 1.65. The Morgan fingerprint density at radius 2 is 2.08 bits per heavy atom. The zero-order valence-electron chi connectivity index (χ0n) is 7.83. The zero-order valence-corrected chi connectivity index (χ0v) is 8.73. The van der Waals surface area contributed by atoms with Crippen LogP contribution in [0, 0.1) is 0 Å². The predicted octanol–water partition coefficient (Wildman–Crippen LogP) is 0.984. The van der Waals surface area contributed by atoms with Crippen molar-refractivity contribution in [1.29, 1.82) is 0 Å². The molecule has 0 bridgehead atoms. The predicted molar refractivity (Wildman–Crippen MR) is 52.5 cm³/mol. The highest BCUT2D eigenvalue weighted by atomic mass is 32.1. The number of amides is 3. The van der Waals surface area contributed by atoms with Crippen molar-refractivity contribution in [2.45, 2.75) is 31.6 Å². The van der Waals surface area contributed by atoms with Gasteiger partial charge in [0.15, 0.2) is 4.87 Å². The molecule has 1 fully saturated rings. The third-order valence-corrected chi connectivity index (χ3v) is 2.74. The molecule has 1 N–H and O–H groups in total. The van der Waals surface area contributed by atoms with E-state index in [0.29, 0.717) is 13.0 Å². The van der Waals surface area contributed by atoms with Crippen LogP contribution in [-0.4, -0.2) is 28.3 Å². The summed E-state index contributed by atoms with van der Waals surface area (Å²) >= 11 is 4.16. The highest BCUT2D eigenvalue weighted by Crippen LogP contribution is 2.24. The van der Waals surface area contributed by atoms with E-state index in [0.717, 1.165) is 6.42 Å². The lowest BCUT2D eigenvalue weighted by atomic mass is 10.2. The Morgan fingerprint density at radius 3 is 2.46 bits per heavy atom. The van der Waals surface area contributed by atoms with Gasteiger partial charge in [-0.15, -0.1) is 12.6 Å². The molecule has 0 aliphatic carbocycles. The van der Waals surface area contributed by atoms with E-state index in [1.165, 1.54) is 4.90 Å². The van der Waals surface area contributed by atoms with Gasteiger partial charge in [-0.1, -0.05) is 13.8 Å². The maximum absolute atomic E-state index is 11.6. The first-order chi connectivity index (χ1) is 6.05. The second-order valence-electron chi connectivity index (χ2n) is 3.10. The van der Waals surface area contributed by atoms with E-state index in [2.05, 4.69) is 17.9 Å². The minimum absolute atomic E-state index is 0.231. The van der Waals surface area contributed by atoms with E-state index in [4.69, 9.17) is 0 Å². The van der Waals surface area contributed by atoms with Crippen molar-refractivity contribution in [2.24, 2.45) is 0 Å². The second-order valence-corrected chi connectivity index (χ2v) is 3.86. The van der Waals surface area contributed by atoms with Crippen LogP contribution in [0.3, 0.4) is 0 Å². The Balaban J connectivity index is 2.81. The molecule has 0 aromatic carbocycles. The summed E-state index contributed by atoms with van der Waals surface area (Å²) < 4.78 is 0. The van der Waals surface area contributed by atoms with Crippen molar-refractivity contribution in [3.05, 3.63) is 0 Å². The van der Waals surface area contributed by atoms with Gasteiger partial charge >= 0.3 is 6.03 Å². The Labute approximate surface area is 83.1 Å². The molecule has 3 amide bonds. The molecule has 1 heterocycles. The fraction of sp³-hybridized carbons (Fsp3) is 0.750. The van der Waals surface area contributed by atoms with Crippen molar-refractivity contribution in [3.63, 3.8) is 0 Å². The van der Waals surface area contributed by atoms with Gasteiger partial charge in [-0.3, -0.25) is 9.69 Å². The first-order valence-electron chi connectivity index (χ1n) is 4.41. The molecule has 1 rings (SSSR count). The number of nitrogens with one attached hydrogen (secondary N) is 1. The third-order valence-electron chi connectivity index (χ3n) is 2.12. The van der Waals surface area contributed by atoms with Gasteiger partial charge in [-0.25, -0.2) is 4.79 Å². The minimum Gasteiger partial charge on any atom is -0.315 e. The average Bonchev–Trinajstić information content (AvgIpc) is 2.31. The van der Waals surface area contributed by atoms with Gasteiger partial charge < -0.3 is 5.32 Å². The summed E-state index contributed by atoms with van der Waals surface area (Å²) in [6.07, 6.45) is 1.27. The van der Waals surface area contributed by atoms with Gasteiger partial charge in [0.1, 0.15) is 0 Å². The fourth-order valence-corrected chi connectivity index (χ4v) is 1.50. The Morgan fingerprint density at radius 1 is 1.46 bits per heavy atom. The number of hydrogen-bond acceptors (Lipinski definition) is 3. The molecule has 5 heteroatoms. The van der Waals surface area contributed by atoms with Gasteiger partial charge in [0.2, 0.25) is 0 Å². The SMILES string of the molecule is CCCN1C(=O)NC(S)(CC)C1=O. The lowest BCUT2D eigenvalue weighted by Gasteiger charge is -2.17. The van der Waals surface area contributed by atoms with Gasteiger partial charge in [-0.05, 0) is 12.8 Å². The first kappa shape index (κ1) is 10.4. The summed E-state index contributed by atoms with van der Waals surface area (Å²) in [6, 6.07) is -0.330. The molecule has 13 heavy (non-hydrogen) atoms. The number of nitrogens with zero attached hydrogens (tertiary/aromatic N) is 1. The van der Waals surface area contributed by atoms with Crippen molar-refractivity contribution in [3.8, 4) is 0 Å². The molecule has 1 saturated heterocycles. The Hall–Kier alpha value is -0.710. The monoisotopic (exact) mass is 202 g/mol. The van der Waals surface area contributed by atoms with E-state index < -0.39 is 4.87 Å². The second kappa shape index (κ2) is 3.57. The fourth-order valence-electron chi connectivity index (χ4n) is 1.28. The van der Waals surface area contributed by atoms with Crippen LogP contribution in [0.15, 0.2) is 0 Å². The van der Waals surface area contributed by atoms with Crippen LogP contribution in [0.1, 0.15) is 26.7 Å². The molecule has 0 saturated carbocycles. The zero-order chi connectivity index (χ0) is 10.1. The molecule has 0 spiro atoms. The van der Waals surface area contributed by atoms with Gasteiger partial charge in [0.25, 0.3) is 5.91 Å². The minimum atomic E-state index is -0.980. The van der Waals surface area contributed by atoms with Gasteiger partial charge in [0, 0.05) is 6.54 Å². The lowest BCUT2D eigenvalue weighted by Crippen LogP contribution is -2.40. The van der Waals surface area contributed by atoms with E-state index in [-0.39, 0.29) is 11.9 Å². The topological polar surface area (TPSA) is 49.4 Å². The molecule has 0 aromatic rings. The average molecular weight is 202 g/mol. The van der Waals surface area contributed by atoms with Crippen LogP contribution >= 0.6 is 12.6 Å². The van der Waals surface area contributed by atoms with E-state index in [1.807, 2.05) is 13.8 Å². The number of imide groups is 1. The van der Waals surface area contributed by atoms with Crippen LogP contribution in [-0.2, 0) is 4.79 Å². The van der Waals surface area contributed by atoms with Crippen molar-refractivity contribution < 1.29 is 9.59 Å². The molecule has 0 radical (unpaired) electrons. The highest BCUT2D eigenvalue weighted by molar-refractivity contribution is 7.82. The van der Waals surface area contributed by atoms with Crippen molar-refractivity contribution in [2.75, 3.05) is 6.54 Å².